The average molecular weight is 441 g/mol. The van der Waals surface area contributed by atoms with Crippen LogP contribution in [-0.2, 0) is 28.6 Å². The number of hydrogen-bond donors (Lipinski definition) is 0. The van der Waals surface area contributed by atoms with Gasteiger partial charge in [-0.15, -0.1) is 0 Å². The van der Waals surface area contributed by atoms with Crippen LogP contribution >= 0.6 is 0 Å². The van der Waals surface area contributed by atoms with E-state index in [2.05, 4.69) is 0 Å². The van der Waals surface area contributed by atoms with Gasteiger partial charge in [-0.3, -0.25) is 13.8 Å². The molecule has 0 amide bonds. The van der Waals surface area contributed by atoms with Gasteiger partial charge < -0.3 is 4.74 Å². The summed E-state index contributed by atoms with van der Waals surface area (Å²) in [7, 11) is -3.68. The molecule has 0 spiro atoms. The number of halogens is 1. The van der Waals surface area contributed by atoms with Crippen molar-refractivity contribution in [2.45, 2.75) is 70.8 Å². The highest BCUT2D eigenvalue weighted by Gasteiger charge is 2.72. The van der Waals surface area contributed by atoms with E-state index in [-0.39, 0.29) is 18.1 Å². The number of carbonyl (C=O) groups excluding carboxylic acids is 2. The molecule has 166 valence electrons. The fourth-order valence-corrected chi connectivity index (χ4v) is 7.56. The third-order valence-corrected chi connectivity index (χ3v) is 8.71. The molecule has 3 fully saturated rings. The first-order valence-electron chi connectivity index (χ1n) is 10.5. The lowest BCUT2D eigenvalue weighted by Crippen LogP contribution is -2.67. The summed E-state index contributed by atoms with van der Waals surface area (Å²) in [6.45, 7) is 4.98. The van der Waals surface area contributed by atoms with Gasteiger partial charge in [-0.25, -0.2) is 4.39 Å². The van der Waals surface area contributed by atoms with Gasteiger partial charge in [-0.1, -0.05) is 18.6 Å². The van der Waals surface area contributed by atoms with Crippen molar-refractivity contribution in [3.63, 3.8) is 0 Å². The molecule has 0 saturated heterocycles. The number of fused-ring (bicyclic) bond motifs is 5. The second-order valence-corrected chi connectivity index (χ2v) is 11.4. The van der Waals surface area contributed by atoms with Crippen molar-refractivity contribution in [3.8, 4) is 0 Å². The predicted molar refractivity (Wildman–Crippen MR) is 108 cm³/mol. The Morgan fingerprint density at radius 3 is 2.50 bits per heavy atom. The van der Waals surface area contributed by atoms with Crippen LogP contribution in [0.15, 0.2) is 23.8 Å². The Balaban J connectivity index is 1.81. The highest BCUT2D eigenvalue weighted by molar-refractivity contribution is 7.86. The van der Waals surface area contributed by atoms with Crippen LogP contribution < -0.4 is 0 Å². The van der Waals surface area contributed by atoms with Gasteiger partial charge in [0.05, 0.1) is 12.4 Å². The van der Waals surface area contributed by atoms with Crippen LogP contribution in [0.1, 0.15) is 52.9 Å². The molecule has 0 bridgehead atoms. The summed E-state index contributed by atoms with van der Waals surface area (Å²) < 4.78 is 52.0. The number of hydrogen-bond acceptors (Lipinski definition) is 6. The Kier molecular flexibility index (Phi) is 4.86. The normalized spacial score (nSPS) is 45.2. The van der Waals surface area contributed by atoms with E-state index in [1.807, 2.05) is 6.92 Å². The molecule has 30 heavy (non-hydrogen) atoms. The van der Waals surface area contributed by atoms with Crippen molar-refractivity contribution < 1.29 is 31.3 Å². The minimum absolute atomic E-state index is 0.106. The van der Waals surface area contributed by atoms with Gasteiger partial charge in [-0.2, -0.15) is 8.42 Å². The van der Waals surface area contributed by atoms with E-state index in [1.165, 1.54) is 19.1 Å². The smallest absolute Gasteiger partial charge is 0.303 e. The van der Waals surface area contributed by atoms with E-state index >= 15 is 4.39 Å². The maximum atomic E-state index is 17.3. The highest BCUT2D eigenvalue weighted by atomic mass is 32.2. The number of allylic oxidation sites excluding steroid dienone is 4. The van der Waals surface area contributed by atoms with E-state index in [0.717, 1.165) is 11.8 Å². The summed E-state index contributed by atoms with van der Waals surface area (Å²) in [5.74, 6) is -1.28. The third kappa shape index (κ3) is 3.01. The van der Waals surface area contributed by atoms with Crippen molar-refractivity contribution in [1.82, 2.24) is 0 Å². The third-order valence-electron chi connectivity index (χ3n) is 8.13. The number of rotatable bonds is 3. The van der Waals surface area contributed by atoms with E-state index in [9.17, 15) is 18.0 Å². The molecule has 0 heterocycles. The van der Waals surface area contributed by atoms with Gasteiger partial charge in [0.1, 0.15) is 6.10 Å². The lowest BCUT2D eigenvalue weighted by Gasteiger charge is -2.62. The molecular weight excluding hydrogens is 411 g/mol. The molecule has 0 N–H and O–H groups in total. The molecule has 3 saturated carbocycles. The topological polar surface area (TPSA) is 86.7 Å². The predicted octanol–water partition coefficient (Wildman–Crippen LogP) is 3.27. The summed E-state index contributed by atoms with van der Waals surface area (Å²) >= 11 is 0. The van der Waals surface area contributed by atoms with Gasteiger partial charge in [0, 0.05) is 23.7 Å². The molecule has 4 aliphatic carbocycles. The van der Waals surface area contributed by atoms with Crippen molar-refractivity contribution in [2.75, 3.05) is 6.26 Å². The molecule has 0 aromatic heterocycles. The van der Waals surface area contributed by atoms with Gasteiger partial charge in [0.15, 0.2) is 11.5 Å². The molecule has 7 atom stereocenters. The molecule has 6 nitrogen and oxygen atoms in total. The lowest BCUT2D eigenvalue weighted by molar-refractivity contribution is -0.215. The molecule has 4 rings (SSSR count). The monoisotopic (exact) mass is 440 g/mol. The average Bonchev–Trinajstić information content (AvgIpc) is 2.91. The lowest BCUT2D eigenvalue weighted by atomic mass is 9.45. The van der Waals surface area contributed by atoms with Gasteiger partial charge in [0.2, 0.25) is 0 Å². The molecule has 1 unspecified atom stereocenters. The summed E-state index contributed by atoms with van der Waals surface area (Å²) in [4.78, 5) is 23.9. The van der Waals surface area contributed by atoms with Crippen LogP contribution in [-0.4, -0.2) is 44.3 Å². The van der Waals surface area contributed by atoms with Crippen molar-refractivity contribution in [3.05, 3.63) is 23.8 Å². The van der Waals surface area contributed by atoms with Crippen LogP contribution in [0.25, 0.3) is 0 Å². The quantitative estimate of drug-likeness (QED) is 0.495. The first-order valence-corrected chi connectivity index (χ1v) is 12.3. The molecule has 0 aliphatic heterocycles. The fraction of sp³-hybridized carbons (Fsp3) is 0.727. The van der Waals surface area contributed by atoms with Crippen LogP contribution in [0, 0.1) is 22.7 Å². The van der Waals surface area contributed by atoms with Crippen molar-refractivity contribution in [1.29, 1.82) is 0 Å². The number of carbonyl (C=O) groups is 2. The van der Waals surface area contributed by atoms with Crippen LogP contribution in [0.4, 0.5) is 4.39 Å². The minimum atomic E-state index is -3.68. The Morgan fingerprint density at radius 2 is 1.87 bits per heavy atom. The van der Waals surface area contributed by atoms with Crippen molar-refractivity contribution in [2.24, 2.45) is 22.7 Å². The van der Waals surface area contributed by atoms with Crippen LogP contribution in [0.3, 0.4) is 0 Å². The summed E-state index contributed by atoms with van der Waals surface area (Å²) in [6, 6.07) is 0. The fourth-order valence-electron chi connectivity index (χ4n) is 6.82. The van der Waals surface area contributed by atoms with Crippen LogP contribution in [0.2, 0.25) is 0 Å². The highest BCUT2D eigenvalue weighted by Crippen LogP contribution is 2.68. The standard InChI is InChI=1S/C22H29FO6S/c1-13(24)28-19-12-20(2)16(7-8-18(20)29-30(4,26)27)17-6-5-14-11-15(25)9-10-21(14,3)22(17,19)23/h9-11,16-19H,5-8,12H2,1-4H3/t16-,17-,18-,19-,20-,21-,22?/m0/s1. The summed E-state index contributed by atoms with van der Waals surface area (Å²) in [5.41, 5.74) is -2.84. The van der Waals surface area contributed by atoms with E-state index in [4.69, 9.17) is 8.92 Å². The molecule has 8 heteroatoms. The maximum absolute atomic E-state index is 17.3. The Hall–Kier alpha value is -1.54. The Bertz CT molecular complexity index is 955. The van der Waals surface area contributed by atoms with E-state index in [1.54, 1.807) is 13.0 Å². The van der Waals surface area contributed by atoms with E-state index in [0.29, 0.717) is 25.7 Å². The molecule has 0 radical (unpaired) electrons. The number of ether oxygens (including phenoxy) is 1. The van der Waals surface area contributed by atoms with Gasteiger partial charge in [-0.05, 0) is 57.1 Å². The molecular formula is C22H29FO6S. The summed E-state index contributed by atoms with van der Waals surface area (Å²) in [6.07, 6.45) is 6.38. The van der Waals surface area contributed by atoms with Crippen molar-refractivity contribution >= 4 is 21.9 Å². The number of alkyl halides is 1. The number of esters is 1. The minimum Gasteiger partial charge on any atom is -0.459 e. The maximum Gasteiger partial charge on any atom is 0.303 e. The zero-order valence-electron chi connectivity index (χ0n) is 17.8. The number of ketones is 1. The first-order chi connectivity index (χ1) is 13.8. The molecule has 4 aliphatic rings. The second kappa shape index (κ2) is 6.73. The Morgan fingerprint density at radius 1 is 1.17 bits per heavy atom. The molecule has 0 aromatic carbocycles. The van der Waals surface area contributed by atoms with Crippen LogP contribution in [0.5, 0.6) is 0 Å². The van der Waals surface area contributed by atoms with E-state index < -0.39 is 50.7 Å². The zero-order chi connectivity index (χ0) is 22.1. The summed E-state index contributed by atoms with van der Waals surface area (Å²) in [5, 5.41) is 0. The first kappa shape index (κ1) is 21.7. The largest absolute Gasteiger partial charge is 0.459 e. The van der Waals surface area contributed by atoms with Gasteiger partial charge in [0.25, 0.3) is 10.1 Å². The molecule has 0 aromatic rings. The zero-order valence-corrected chi connectivity index (χ0v) is 18.6. The van der Waals surface area contributed by atoms with Gasteiger partial charge >= 0.3 is 5.97 Å². The Labute approximate surface area is 177 Å². The SMILES string of the molecule is CC(=O)O[C@H]1C[C@]2(C)[C@@H](OS(C)(=O)=O)CC[C@H]2[C@@H]2CCC3=CC(=O)C=C[C@]3(C)C12F. The second-order valence-electron chi connectivity index (χ2n) is 9.80.